The number of nitrogens with zero attached hydrogens (tertiary/aromatic N) is 3. The Bertz CT molecular complexity index is 595. The molecule has 0 radical (unpaired) electrons. The monoisotopic (exact) mass is 284 g/mol. The number of aromatic nitrogens is 2. The summed E-state index contributed by atoms with van der Waals surface area (Å²) in [7, 11) is 1.98. The minimum Gasteiger partial charge on any atom is -0.394 e. The Morgan fingerprint density at radius 1 is 1.19 bits per heavy atom. The Morgan fingerprint density at radius 2 is 1.86 bits per heavy atom. The molecule has 2 N–H and O–H groups in total. The minimum atomic E-state index is 0.777. The van der Waals surface area contributed by atoms with Crippen LogP contribution < -0.4 is 10.6 Å². The van der Waals surface area contributed by atoms with Crippen LogP contribution in [0.1, 0.15) is 24.1 Å². The zero-order valence-corrected chi connectivity index (χ0v) is 12.9. The lowest BCUT2D eigenvalue weighted by molar-refractivity contribution is 0.400. The maximum Gasteiger partial charge on any atom is 0.150 e. The number of rotatable bonds is 3. The number of nitrogen functional groups attached to an aromatic ring is 1. The number of hydrogen-bond donors (Lipinski definition) is 1. The first-order valence-electron chi connectivity index (χ1n) is 7.73. The lowest BCUT2D eigenvalue weighted by Gasteiger charge is -2.33. The molecule has 1 aromatic carbocycles. The van der Waals surface area contributed by atoms with Crippen LogP contribution in [0.5, 0.6) is 0 Å². The molecule has 0 amide bonds. The maximum absolute atomic E-state index is 6.17. The summed E-state index contributed by atoms with van der Waals surface area (Å²) in [6.45, 7) is 4.11. The van der Waals surface area contributed by atoms with Gasteiger partial charge in [-0.05, 0) is 37.7 Å². The highest BCUT2D eigenvalue weighted by Crippen LogP contribution is 2.30. The van der Waals surface area contributed by atoms with E-state index in [9.17, 15) is 0 Å². The molecule has 21 heavy (non-hydrogen) atoms. The molecular weight excluding hydrogens is 260 g/mol. The van der Waals surface area contributed by atoms with Crippen LogP contribution in [0.15, 0.2) is 30.3 Å². The maximum atomic E-state index is 6.17. The molecular formula is C17H24N4. The highest BCUT2D eigenvalue weighted by molar-refractivity contribution is 5.66. The van der Waals surface area contributed by atoms with Gasteiger partial charge in [0.1, 0.15) is 5.82 Å². The van der Waals surface area contributed by atoms with Crippen LogP contribution in [0.25, 0.3) is 0 Å². The first-order valence-corrected chi connectivity index (χ1v) is 7.73. The molecule has 0 saturated carbocycles. The molecule has 2 aromatic rings. The molecule has 3 rings (SSSR count). The van der Waals surface area contributed by atoms with Gasteiger partial charge in [-0.25, -0.2) is 0 Å². The predicted molar refractivity (Wildman–Crippen MR) is 87.4 cm³/mol. The summed E-state index contributed by atoms with van der Waals surface area (Å²) in [5, 5.41) is 4.42. The van der Waals surface area contributed by atoms with Gasteiger partial charge < -0.3 is 10.6 Å². The molecule has 0 spiro atoms. The fourth-order valence-electron chi connectivity index (χ4n) is 3.33. The molecule has 112 valence electrons. The van der Waals surface area contributed by atoms with Gasteiger partial charge in [0.05, 0.1) is 11.4 Å². The zero-order valence-electron chi connectivity index (χ0n) is 12.9. The molecule has 1 aliphatic rings. The SMILES string of the molecule is Cc1nn(C)c(N2CCC(Cc3ccccc3)CC2)c1N. The average Bonchev–Trinajstić information content (AvgIpc) is 2.74. The number of nitrogens with two attached hydrogens (primary N) is 1. The van der Waals surface area contributed by atoms with E-state index in [4.69, 9.17) is 5.73 Å². The van der Waals surface area contributed by atoms with Crippen molar-refractivity contribution in [2.24, 2.45) is 13.0 Å². The van der Waals surface area contributed by atoms with Gasteiger partial charge in [0.2, 0.25) is 0 Å². The van der Waals surface area contributed by atoms with Crippen LogP contribution in [0.3, 0.4) is 0 Å². The van der Waals surface area contributed by atoms with E-state index < -0.39 is 0 Å². The fraction of sp³-hybridized carbons (Fsp3) is 0.471. The van der Waals surface area contributed by atoms with Gasteiger partial charge in [0, 0.05) is 20.1 Å². The Kier molecular flexibility index (Phi) is 3.86. The van der Waals surface area contributed by atoms with Crippen molar-refractivity contribution >= 4 is 11.5 Å². The van der Waals surface area contributed by atoms with E-state index in [2.05, 4.69) is 40.3 Å². The van der Waals surface area contributed by atoms with Gasteiger partial charge >= 0.3 is 0 Å². The highest BCUT2D eigenvalue weighted by Gasteiger charge is 2.24. The average molecular weight is 284 g/mol. The molecule has 4 heteroatoms. The Labute approximate surface area is 126 Å². The van der Waals surface area contributed by atoms with Crippen molar-refractivity contribution in [3.63, 3.8) is 0 Å². The van der Waals surface area contributed by atoms with Crippen molar-refractivity contribution in [3.8, 4) is 0 Å². The summed E-state index contributed by atoms with van der Waals surface area (Å²) in [5.41, 5.74) is 9.38. The van der Waals surface area contributed by atoms with E-state index in [-0.39, 0.29) is 0 Å². The smallest absolute Gasteiger partial charge is 0.150 e. The summed E-state index contributed by atoms with van der Waals surface area (Å²) in [6, 6.07) is 10.8. The summed E-state index contributed by atoms with van der Waals surface area (Å²) in [6.07, 6.45) is 3.63. The number of anilines is 2. The van der Waals surface area contributed by atoms with Gasteiger partial charge in [0.15, 0.2) is 0 Å². The van der Waals surface area contributed by atoms with Gasteiger partial charge in [-0.3, -0.25) is 4.68 Å². The molecule has 1 saturated heterocycles. The van der Waals surface area contributed by atoms with Crippen LogP contribution in [0.4, 0.5) is 11.5 Å². The first-order chi connectivity index (χ1) is 10.1. The van der Waals surface area contributed by atoms with Crippen LogP contribution in [-0.2, 0) is 13.5 Å². The van der Waals surface area contributed by atoms with E-state index in [0.717, 1.165) is 36.2 Å². The quantitative estimate of drug-likeness (QED) is 0.942. The van der Waals surface area contributed by atoms with Crippen LogP contribution in [0.2, 0.25) is 0 Å². The van der Waals surface area contributed by atoms with Crippen molar-refractivity contribution < 1.29 is 0 Å². The van der Waals surface area contributed by atoms with Crippen LogP contribution in [-0.4, -0.2) is 22.9 Å². The van der Waals surface area contributed by atoms with Crippen LogP contribution in [0, 0.1) is 12.8 Å². The van der Waals surface area contributed by atoms with Gasteiger partial charge in [-0.1, -0.05) is 30.3 Å². The largest absolute Gasteiger partial charge is 0.394 e. The molecule has 0 bridgehead atoms. The van der Waals surface area contributed by atoms with Crippen molar-refractivity contribution in [2.75, 3.05) is 23.7 Å². The highest BCUT2D eigenvalue weighted by atomic mass is 15.4. The van der Waals surface area contributed by atoms with E-state index in [1.807, 2.05) is 18.7 Å². The van der Waals surface area contributed by atoms with Gasteiger partial charge in [0.25, 0.3) is 0 Å². The second-order valence-electron chi connectivity index (χ2n) is 6.07. The Balaban J connectivity index is 1.63. The number of hydrogen-bond acceptors (Lipinski definition) is 3. The van der Waals surface area contributed by atoms with Crippen molar-refractivity contribution in [1.29, 1.82) is 0 Å². The second-order valence-corrected chi connectivity index (χ2v) is 6.07. The number of benzene rings is 1. The normalized spacial score (nSPS) is 16.4. The zero-order chi connectivity index (χ0) is 14.8. The first kappa shape index (κ1) is 14.0. The fourth-order valence-corrected chi connectivity index (χ4v) is 3.33. The molecule has 4 nitrogen and oxygen atoms in total. The topological polar surface area (TPSA) is 47.1 Å². The van der Waals surface area contributed by atoms with Crippen molar-refractivity contribution in [3.05, 3.63) is 41.6 Å². The van der Waals surface area contributed by atoms with E-state index in [1.54, 1.807) is 0 Å². The second kappa shape index (κ2) is 5.80. The predicted octanol–water partition coefficient (Wildman–Crippen LogP) is 2.77. The Hall–Kier alpha value is -1.97. The molecule has 0 unspecified atom stereocenters. The third-order valence-electron chi connectivity index (χ3n) is 4.52. The van der Waals surface area contributed by atoms with E-state index >= 15 is 0 Å². The van der Waals surface area contributed by atoms with E-state index in [0.29, 0.717) is 0 Å². The lowest BCUT2D eigenvalue weighted by atomic mass is 9.90. The van der Waals surface area contributed by atoms with Crippen molar-refractivity contribution in [1.82, 2.24) is 9.78 Å². The molecule has 2 heterocycles. The molecule has 0 atom stereocenters. The third-order valence-corrected chi connectivity index (χ3v) is 4.52. The van der Waals surface area contributed by atoms with Crippen LogP contribution >= 0.6 is 0 Å². The summed E-state index contributed by atoms with van der Waals surface area (Å²) in [5.74, 6) is 1.87. The van der Waals surface area contributed by atoms with Gasteiger partial charge in [-0.2, -0.15) is 5.10 Å². The minimum absolute atomic E-state index is 0.777. The molecule has 1 aliphatic heterocycles. The summed E-state index contributed by atoms with van der Waals surface area (Å²) in [4.78, 5) is 2.39. The van der Waals surface area contributed by atoms with Crippen molar-refractivity contribution in [2.45, 2.75) is 26.2 Å². The molecule has 1 fully saturated rings. The van der Waals surface area contributed by atoms with E-state index in [1.165, 1.54) is 24.8 Å². The summed E-state index contributed by atoms with van der Waals surface area (Å²) >= 11 is 0. The Morgan fingerprint density at radius 3 is 2.43 bits per heavy atom. The molecule has 1 aromatic heterocycles. The molecule has 0 aliphatic carbocycles. The number of aryl methyl sites for hydroxylation is 2. The summed E-state index contributed by atoms with van der Waals surface area (Å²) < 4.78 is 1.92. The standard InChI is InChI=1S/C17H24N4/c1-13-16(18)17(20(2)19-13)21-10-8-15(9-11-21)12-14-6-4-3-5-7-14/h3-7,15H,8-12,18H2,1-2H3. The van der Waals surface area contributed by atoms with Gasteiger partial charge in [-0.15, -0.1) is 0 Å². The number of piperidine rings is 1. The third kappa shape index (κ3) is 2.89. The lowest BCUT2D eigenvalue weighted by Crippen LogP contribution is -2.35.